The van der Waals surface area contributed by atoms with Crippen LogP contribution in [0, 0.1) is 0 Å². The molecular weight excluding hydrogens is 360 g/mol. The number of fused-ring (bicyclic) bond motifs is 2. The molecule has 0 bridgehead atoms. The number of halogens is 2. The van der Waals surface area contributed by atoms with Crippen molar-refractivity contribution in [3.63, 3.8) is 0 Å². The number of benzene rings is 1. The van der Waals surface area contributed by atoms with Gasteiger partial charge >= 0.3 is 0 Å². The third kappa shape index (κ3) is 2.96. The van der Waals surface area contributed by atoms with Gasteiger partial charge in [-0.25, -0.2) is 13.8 Å². The van der Waals surface area contributed by atoms with Crippen LogP contribution in [0.1, 0.15) is 29.9 Å². The Bertz CT molecular complexity index is 1120. The van der Waals surface area contributed by atoms with Crippen LogP contribution in [0.4, 0.5) is 8.78 Å². The van der Waals surface area contributed by atoms with E-state index in [9.17, 15) is 8.78 Å². The van der Waals surface area contributed by atoms with Crippen molar-refractivity contribution in [2.45, 2.75) is 31.6 Å². The maximum atomic E-state index is 13.5. The number of alkyl halides is 2. The number of aromatic amines is 2. The first-order chi connectivity index (χ1) is 13.7. The molecule has 0 atom stereocenters. The average Bonchev–Trinajstić information content (AvgIpc) is 3.33. The molecule has 3 aromatic heterocycles. The van der Waals surface area contributed by atoms with Crippen molar-refractivity contribution in [1.29, 1.82) is 0 Å². The Morgan fingerprint density at radius 1 is 1.11 bits per heavy atom. The van der Waals surface area contributed by atoms with Gasteiger partial charge in [-0.05, 0) is 61.2 Å². The summed E-state index contributed by atoms with van der Waals surface area (Å²) in [5, 5.41) is 12.0. The van der Waals surface area contributed by atoms with Crippen molar-refractivity contribution in [2.24, 2.45) is 0 Å². The SMILES string of the molecule is FC(F)Cc1c(-c2ccnc3[nH]ncc23)[nH]c2ccc(C3CCNCC3)cc12. The van der Waals surface area contributed by atoms with E-state index in [2.05, 4.69) is 37.6 Å². The van der Waals surface area contributed by atoms with Crippen LogP contribution in [0.15, 0.2) is 36.7 Å². The lowest BCUT2D eigenvalue weighted by atomic mass is 9.89. The third-order valence-electron chi connectivity index (χ3n) is 5.72. The Labute approximate surface area is 160 Å². The standard InChI is InChI=1S/C21H21F2N5/c22-19(23)10-16-15-9-13(12-3-6-24-7-4-12)1-2-18(15)27-20(16)14-5-8-25-21-17(14)11-26-28-21/h1-2,5,8-9,11-12,19,24,27H,3-4,6-7,10H2,(H,25,26,28). The average molecular weight is 381 g/mol. The minimum atomic E-state index is -2.41. The van der Waals surface area contributed by atoms with E-state index < -0.39 is 6.43 Å². The molecule has 3 N–H and O–H groups in total. The summed E-state index contributed by atoms with van der Waals surface area (Å²) < 4.78 is 27.0. The topological polar surface area (TPSA) is 69.4 Å². The number of piperidine rings is 1. The predicted octanol–water partition coefficient (Wildman–Crippen LogP) is 4.38. The lowest BCUT2D eigenvalue weighted by molar-refractivity contribution is 0.149. The van der Waals surface area contributed by atoms with E-state index in [1.54, 1.807) is 12.4 Å². The first kappa shape index (κ1) is 17.3. The van der Waals surface area contributed by atoms with Crippen LogP contribution >= 0.6 is 0 Å². The zero-order valence-electron chi connectivity index (χ0n) is 15.3. The molecule has 1 aromatic carbocycles. The highest BCUT2D eigenvalue weighted by molar-refractivity contribution is 5.98. The second-order valence-electron chi connectivity index (χ2n) is 7.39. The van der Waals surface area contributed by atoms with Gasteiger partial charge in [0, 0.05) is 34.5 Å². The molecular formula is C21H21F2N5. The quantitative estimate of drug-likeness (QED) is 0.491. The lowest BCUT2D eigenvalue weighted by Gasteiger charge is -2.23. The highest BCUT2D eigenvalue weighted by Gasteiger charge is 2.21. The third-order valence-corrected chi connectivity index (χ3v) is 5.72. The number of H-pyrrole nitrogens is 2. The van der Waals surface area contributed by atoms with E-state index >= 15 is 0 Å². The highest BCUT2D eigenvalue weighted by Crippen LogP contribution is 2.37. The van der Waals surface area contributed by atoms with Gasteiger partial charge < -0.3 is 10.3 Å². The first-order valence-corrected chi connectivity index (χ1v) is 9.62. The molecule has 0 aliphatic carbocycles. The maximum Gasteiger partial charge on any atom is 0.242 e. The summed E-state index contributed by atoms with van der Waals surface area (Å²) in [7, 11) is 0. The van der Waals surface area contributed by atoms with Crippen molar-refractivity contribution in [3.8, 4) is 11.3 Å². The fraction of sp³-hybridized carbons (Fsp3) is 0.333. The van der Waals surface area contributed by atoms with Crippen molar-refractivity contribution in [1.82, 2.24) is 25.5 Å². The van der Waals surface area contributed by atoms with Crippen molar-refractivity contribution < 1.29 is 8.78 Å². The van der Waals surface area contributed by atoms with Gasteiger partial charge in [0.05, 0.1) is 11.9 Å². The number of pyridine rings is 1. The molecule has 1 fully saturated rings. The molecule has 0 radical (unpaired) electrons. The van der Waals surface area contributed by atoms with E-state index in [1.807, 2.05) is 12.1 Å². The second-order valence-corrected chi connectivity index (χ2v) is 7.39. The summed E-state index contributed by atoms with van der Waals surface area (Å²) in [5.41, 5.74) is 5.00. The molecule has 1 saturated heterocycles. The van der Waals surface area contributed by atoms with Gasteiger partial charge in [-0.15, -0.1) is 0 Å². The van der Waals surface area contributed by atoms with E-state index in [1.165, 1.54) is 5.56 Å². The van der Waals surface area contributed by atoms with Gasteiger partial charge in [0.2, 0.25) is 6.43 Å². The second kappa shape index (κ2) is 6.98. The molecule has 144 valence electrons. The van der Waals surface area contributed by atoms with E-state index in [4.69, 9.17) is 0 Å². The molecule has 0 unspecified atom stereocenters. The largest absolute Gasteiger partial charge is 0.354 e. The molecule has 0 spiro atoms. The summed E-state index contributed by atoms with van der Waals surface area (Å²) in [4.78, 5) is 7.64. The van der Waals surface area contributed by atoms with Gasteiger partial charge in [0.1, 0.15) is 0 Å². The van der Waals surface area contributed by atoms with Crippen LogP contribution in [0.3, 0.4) is 0 Å². The van der Waals surface area contributed by atoms with Crippen LogP contribution < -0.4 is 5.32 Å². The van der Waals surface area contributed by atoms with Crippen molar-refractivity contribution in [2.75, 3.05) is 13.1 Å². The summed E-state index contributed by atoms with van der Waals surface area (Å²) in [6, 6.07) is 8.12. The Morgan fingerprint density at radius 2 is 1.96 bits per heavy atom. The fourth-order valence-corrected chi connectivity index (χ4v) is 4.34. The first-order valence-electron chi connectivity index (χ1n) is 9.62. The van der Waals surface area contributed by atoms with Gasteiger partial charge in [0.15, 0.2) is 5.65 Å². The zero-order valence-corrected chi connectivity index (χ0v) is 15.3. The molecule has 1 aliphatic rings. The van der Waals surface area contributed by atoms with Crippen molar-refractivity contribution >= 4 is 21.9 Å². The van der Waals surface area contributed by atoms with Gasteiger partial charge in [0.25, 0.3) is 0 Å². The molecule has 5 nitrogen and oxygen atoms in total. The van der Waals surface area contributed by atoms with Gasteiger partial charge in [-0.3, -0.25) is 5.10 Å². The van der Waals surface area contributed by atoms with Crippen LogP contribution in [0.5, 0.6) is 0 Å². The van der Waals surface area contributed by atoms with Crippen molar-refractivity contribution in [3.05, 3.63) is 47.8 Å². The minimum Gasteiger partial charge on any atom is -0.354 e. The molecule has 28 heavy (non-hydrogen) atoms. The zero-order chi connectivity index (χ0) is 19.1. The van der Waals surface area contributed by atoms with Crippen LogP contribution in [-0.4, -0.2) is 39.7 Å². The summed E-state index contributed by atoms with van der Waals surface area (Å²) in [6.45, 7) is 2.00. The lowest BCUT2D eigenvalue weighted by Crippen LogP contribution is -2.26. The van der Waals surface area contributed by atoms with Gasteiger partial charge in [-0.2, -0.15) is 5.10 Å². The summed E-state index contributed by atoms with van der Waals surface area (Å²) in [6.07, 6.45) is 2.82. The number of nitrogens with zero attached hydrogens (tertiary/aromatic N) is 2. The number of hydrogen-bond acceptors (Lipinski definition) is 3. The molecule has 0 amide bonds. The molecule has 4 heterocycles. The van der Waals surface area contributed by atoms with Crippen LogP contribution in [0.25, 0.3) is 33.2 Å². The number of aromatic nitrogens is 4. The molecule has 7 heteroatoms. The smallest absolute Gasteiger partial charge is 0.242 e. The monoisotopic (exact) mass is 381 g/mol. The predicted molar refractivity (Wildman–Crippen MR) is 106 cm³/mol. The van der Waals surface area contributed by atoms with E-state index in [0.717, 1.165) is 53.5 Å². The fourth-order valence-electron chi connectivity index (χ4n) is 4.34. The number of rotatable bonds is 4. The normalized spacial score (nSPS) is 15.8. The number of nitrogens with one attached hydrogen (secondary N) is 3. The van der Waals surface area contributed by atoms with Crippen LogP contribution in [0.2, 0.25) is 0 Å². The van der Waals surface area contributed by atoms with Crippen LogP contribution in [-0.2, 0) is 6.42 Å². The van der Waals surface area contributed by atoms with Gasteiger partial charge in [-0.1, -0.05) is 6.07 Å². The molecule has 1 aliphatic heterocycles. The Kier molecular flexibility index (Phi) is 4.31. The molecule has 4 aromatic rings. The Morgan fingerprint density at radius 3 is 2.79 bits per heavy atom. The maximum absolute atomic E-state index is 13.5. The Balaban J connectivity index is 1.69. The molecule has 5 rings (SSSR count). The number of hydrogen-bond donors (Lipinski definition) is 3. The van der Waals surface area contributed by atoms with E-state index in [-0.39, 0.29) is 6.42 Å². The van der Waals surface area contributed by atoms with E-state index in [0.29, 0.717) is 17.1 Å². The molecule has 0 saturated carbocycles. The Hall–Kier alpha value is -2.80. The summed E-state index contributed by atoms with van der Waals surface area (Å²) >= 11 is 0. The summed E-state index contributed by atoms with van der Waals surface area (Å²) in [5.74, 6) is 0.477. The minimum absolute atomic E-state index is 0.285. The highest BCUT2D eigenvalue weighted by atomic mass is 19.3.